The van der Waals surface area contributed by atoms with Crippen LogP contribution in [0.5, 0.6) is 0 Å². The molecule has 4 rings (SSSR count). The first-order valence-electron chi connectivity index (χ1n) is 7.20. The molecular formula is C14H19N3OS. The lowest BCUT2D eigenvalue weighted by Gasteiger charge is -2.32. The average Bonchev–Trinajstić information content (AvgIpc) is 3.11. The van der Waals surface area contributed by atoms with E-state index < -0.39 is 0 Å². The quantitative estimate of drug-likeness (QED) is 0.917. The average molecular weight is 277 g/mol. The number of aliphatic hydroxyl groups excluding tert-OH is 1. The summed E-state index contributed by atoms with van der Waals surface area (Å²) in [5.41, 5.74) is 0.961. The van der Waals surface area contributed by atoms with Crippen LogP contribution in [0.3, 0.4) is 0 Å². The fourth-order valence-corrected chi connectivity index (χ4v) is 4.59. The maximum Gasteiger partial charge on any atom is 0.195 e. The number of hydrogen-bond acceptors (Lipinski definition) is 4. The molecule has 4 nitrogen and oxygen atoms in total. The summed E-state index contributed by atoms with van der Waals surface area (Å²) >= 11 is 1.64. The molecule has 1 saturated heterocycles. The van der Waals surface area contributed by atoms with Crippen molar-refractivity contribution in [1.82, 2.24) is 9.38 Å². The van der Waals surface area contributed by atoms with Crippen LogP contribution in [0.15, 0.2) is 11.6 Å². The van der Waals surface area contributed by atoms with Crippen molar-refractivity contribution in [3.8, 4) is 0 Å². The van der Waals surface area contributed by atoms with Gasteiger partial charge in [0, 0.05) is 24.2 Å². The van der Waals surface area contributed by atoms with Crippen LogP contribution < -0.4 is 4.90 Å². The topological polar surface area (TPSA) is 40.8 Å². The van der Waals surface area contributed by atoms with Crippen molar-refractivity contribution in [2.75, 3.05) is 11.4 Å². The van der Waals surface area contributed by atoms with E-state index in [1.165, 1.54) is 32.1 Å². The van der Waals surface area contributed by atoms with Crippen LogP contribution in [0.4, 0.5) is 5.82 Å². The van der Waals surface area contributed by atoms with E-state index in [-0.39, 0.29) is 6.61 Å². The largest absolute Gasteiger partial charge is 0.390 e. The first-order chi connectivity index (χ1) is 9.38. The van der Waals surface area contributed by atoms with Crippen LogP contribution >= 0.6 is 11.3 Å². The minimum Gasteiger partial charge on any atom is -0.390 e. The van der Waals surface area contributed by atoms with Crippen molar-refractivity contribution in [1.29, 1.82) is 0 Å². The Bertz CT molecular complexity index is 591. The van der Waals surface area contributed by atoms with Crippen molar-refractivity contribution in [3.05, 3.63) is 17.3 Å². The van der Waals surface area contributed by atoms with Gasteiger partial charge in [0.15, 0.2) is 10.8 Å². The molecule has 1 aliphatic carbocycles. The van der Waals surface area contributed by atoms with E-state index >= 15 is 0 Å². The Labute approximate surface area is 116 Å². The monoisotopic (exact) mass is 277 g/mol. The number of aromatic nitrogens is 2. The minimum atomic E-state index is 0.0706. The fraction of sp³-hybridized carbons (Fsp3) is 0.643. The maximum atomic E-state index is 9.70. The van der Waals surface area contributed by atoms with Gasteiger partial charge in [-0.3, -0.25) is 4.40 Å². The Morgan fingerprint density at radius 2 is 2.21 bits per heavy atom. The molecule has 0 radical (unpaired) electrons. The Balaban J connectivity index is 1.75. The number of anilines is 1. The van der Waals surface area contributed by atoms with Crippen LogP contribution in [-0.4, -0.2) is 27.1 Å². The number of rotatable bonds is 2. The molecule has 1 saturated carbocycles. The third-order valence-corrected chi connectivity index (χ3v) is 5.53. The zero-order chi connectivity index (χ0) is 12.8. The Morgan fingerprint density at radius 1 is 1.32 bits per heavy atom. The first kappa shape index (κ1) is 11.7. The molecule has 0 aromatic carbocycles. The van der Waals surface area contributed by atoms with Crippen LogP contribution in [0, 0.1) is 5.92 Å². The summed E-state index contributed by atoms with van der Waals surface area (Å²) in [6, 6.07) is 0.656. The van der Waals surface area contributed by atoms with E-state index in [0.717, 1.165) is 28.9 Å². The predicted octanol–water partition coefficient (Wildman–Crippen LogP) is 2.66. The lowest BCUT2D eigenvalue weighted by atomic mass is 9.85. The number of nitrogens with zero attached hydrogens (tertiary/aromatic N) is 3. The second-order valence-corrected chi connectivity index (χ2v) is 6.56. The number of aliphatic hydroxyl groups is 1. The van der Waals surface area contributed by atoms with Gasteiger partial charge in [-0.15, -0.1) is 11.3 Å². The normalized spacial score (nSPS) is 27.1. The van der Waals surface area contributed by atoms with Gasteiger partial charge in [-0.1, -0.05) is 12.8 Å². The van der Waals surface area contributed by atoms with Gasteiger partial charge in [0.05, 0.1) is 12.3 Å². The van der Waals surface area contributed by atoms with Crippen LogP contribution in [0.2, 0.25) is 0 Å². The van der Waals surface area contributed by atoms with Gasteiger partial charge in [-0.2, -0.15) is 0 Å². The molecule has 0 bridgehead atoms. The third kappa shape index (κ3) is 1.71. The van der Waals surface area contributed by atoms with E-state index in [2.05, 4.69) is 4.90 Å². The molecule has 2 aromatic rings. The minimum absolute atomic E-state index is 0.0706. The van der Waals surface area contributed by atoms with E-state index in [1.54, 1.807) is 11.3 Å². The summed E-state index contributed by atoms with van der Waals surface area (Å²) in [4.78, 5) is 8.23. The highest BCUT2D eigenvalue weighted by Gasteiger charge is 2.37. The molecule has 0 amide bonds. The van der Waals surface area contributed by atoms with Crippen LogP contribution in [0.1, 0.15) is 37.8 Å². The number of hydrogen-bond donors (Lipinski definition) is 1. The van der Waals surface area contributed by atoms with Crippen molar-refractivity contribution in [2.24, 2.45) is 5.92 Å². The number of imidazole rings is 1. The molecule has 0 spiro atoms. The molecule has 1 aliphatic heterocycles. The first-order valence-corrected chi connectivity index (χ1v) is 8.08. The van der Waals surface area contributed by atoms with Gasteiger partial charge in [-0.05, 0) is 25.2 Å². The second-order valence-electron chi connectivity index (χ2n) is 5.69. The lowest BCUT2D eigenvalue weighted by Crippen LogP contribution is -2.35. The summed E-state index contributed by atoms with van der Waals surface area (Å²) in [5, 5.41) is 11.7. The summed E-state index contributed by atoms with van der Waals surface area (Å²) in [6.45, 7) is 1.17. The van der Waals surface area contributed by atoms with E-state index in [9.17, 15) is 5.11 Å². The molecule has 2 unspecified atom stereocenters. The highest BCUT2D eigenvalue weighted by atomic mass is 32.1. The van der Waals surface area contributed by atoms with Gasteiger partial charge >= 0.3 is 0 Å². The standard InChI is InChI=1S/C14H19N3OS/c18-9-12-13(15-14-17(12)7-8-19-14)16-6-5-10-3-1-2-4-11(10)16/h7-8,10-11,18H,1-6,9H2. The molecule has 5 heteroatoms. The van der Waals surface area contributed by atoms with Crippen molar-refractivity contribution in [3.63, 3.8) is 0 Å². The molecule has 2 aliphatic rings. The SMILES string of the molecule is OCc1c(N2CCC3CCCCC32)nc2sccn12. The molecular weight excluding hydrogens is 258 g/mol. The highest BCUT2D eigenvalue weighted by Crippen LogP contribution is 2.40. The zero-order valence-electron chi connectivity index (χ0n) is 11.0. The van der Waals surface area contributed by atoms with Gasteiger partial charge in [-0.25, -0.2) is 4.98 Å². The van der Waals surface area contributed by atoms with Crippen molar-refractivity contribution < 1.29 is 5.11 Å². The van der Waals surface area contributed by atoms with Gasteiger partial charge in [0.1, 0.15) is 0 Å². The summed E-state index contributed by atoms with van der Waals surface area (Å²) < 4.78 is 2.04. The van der Waals surface area contributed by atoms with E-state index in [4.69, 9.17) is 4.98 Å². The fourth-order valence-electron chi connectivity index (χ4n) is 3.87. The van der Waals surface area contributed by atoms with Gasteiger partial charge in [0.2, 0.25) is 0 Å². The Hall–Kier alpha value is -1.07. The van der Waals surface area contributed by atoms with Crippen molar-refractivity contribution in [2.45, 2.75) is 44.8 Å². The summed E-state index contributed by atoms with van der Waals surface area (Å²) in [7, 11) is 0. The molecule has 1 N–H and O–H groups in total. The molecule has 19 heavy (non-hydrogen) atoms. The summed E-state index contributed by atoms with van der Waals surface area (Å²) in [5.74, 6) is 1.88. The number of thiazole rings is 1. The Morgan fingerprint density at radius 3 is 3.11 bits per heavy atom. The van der Waals surface area contributed by atoms with Gasteiger partial charge < -0.3 is 10.0 Å². The van der Waals surface area contributed by atoms with Crippen LogP contribution in [-0.2, 0) is 6.61 Å². The van der Waals surface area contributed by atoms with Gasteiger partial charge in [0.25, 0.3) is 0 Å². The smallest absolute Gasteiger partial charge is 0.195 e. The maximum absolute atomic E-state index is 9.70. The molecule has 102 valence electrons. The van der Waals surface area contributed by atoms with E-state index in [1.807, 2.05) is 16.0 Å². The molecule has 3 heterocycles. The second kappa shape index (κ2) is 4.49. The Kier molecular flexibility index (Phi) is 2.77. The van der Waals surface area contributed by atoms with E-state index in [0.29, 0.717) is 6.04 Å². The predicted molar refractivity (Wildman–Crippen MR) is 76.7 cm³/mol. The zero-order valence-corrected chi connectivity index (χ0v) is 11.8. The highest BCUT2D eigenvalue weighted by molar-refractivity contribution is 7.15. The molecule has 2 atom stereocenters. The van der Waals surface area contributed by atoms with Crippen molar-refractivity contribution >= 4 is 22.1 Å². The molecule has 2 fully saturated rings. The number of fused-ring (bicyclic) bond motifs is 2. The molecule has 2 aromatic heterocycles. The summed E-state index contributed by atoms with van der Waals surface area (Å²) in [6.07, 6.45) is 8.70. The lowest BCUT2D eigenvalue weighted by molar-refractivity contribution is 0.275. The third-order valence-electron chi connectivity index (χ3n) is 4.77. The van der Waals surface area contributed by atoms with Crippen LogP contribution in [0.25, 0.3) is 4.96 Å².